The summed E-state index contributed by atoms with van der Waals surface area (Å²) in [5, 5.41) is 6.24. The fraction of sp³-hybridized carbons (Fsp3) is 0.519. The average molecular weight is 540 g/mol. The number of aromatic nitrogens is 4. The third kappa shape index (κ3) is 5.42. The number of fused-ring (bicyclic) bond motifs is 1. The minimum absolute atomic E-state index is 0.0518. The van der Waals surface area contributed by atoms with Crippen molar-refractivity contribution >= 4 is 34.5 Å². The van der Waals surface area contributed by atoms with Crippen molar-refractivity contribution in [1.82, 2.24) is 24.8 Å². The van der Waals surface area contributed by atoms with Gasteiger partial charge in [-0.25, -0.2) is 13.8 Å². The standard InChI is InChI=1S/C27H31F2N7O3/c28-25(29)26-32-18-4-1-2-6-20(18)36(26)23-15-22(33-27(34-23)35-8-10-39-11-9-35)30-17-12-16(13-17)14-21(37)19-5-3-7-24(38)31-19/h1-2,4,6,15-17,19,25H,3,5,7-14H2,(H,31,38)(H,30,33,34). The Kier molecular flexibility index (Phi) is 7.11. The van der Waals surface area contributed by atoms with Gasteiger partial charge in [0.1, 0.15) is 11.6 Å². The molecule has 1 aromatic carbocycles. The number of Topliss-reactive ketones (excluding diaryl/α,β-unsaturated/α-hetero) is 1. The highest BCUT2D eigenvalue weighted by Gasteiger charge is 2.34. The number of halogens is 2. The molecule has 1 aliphatic carbocycles. The van der Waals surface area contributed by atoms with Gasteiger partial charge in [-0.2, -0.15) is 9.97 Å². The van der Waals surface area contributed by atoms with Crippen LogP contribution in [0.1, 0.15) is 50.8 Å². The smallest absolute Gasteiger partial charge is 0.296 e. The molecule has 0 bridgehead atoms. The second-order valence-corrected chi connectivity index (χ2v) is 10.5. The molecule has 0 radical (unpaired) electrons. The topological polar surface area (TPSA) is 114 Å². The minimum atomic E-state index is -2.78. The Balaban J connectivity index is 1.22. The number of ketones is 1. The second-order valence-electron chi connectivity index (χ2n) is 10.5. The molecule has 1 amide bonds. The quantitative estimate of drug-likeness (QED) is 0.448. The van der Waals surface area contributed by atoms with Crippen LogP contribution in [-0.4, -0.2) is 69.6 Å². The van der Waals surface area contributed by atoms with E-state index in [2.05, 4.69) is 20.6 Å². The first kappa shape index (κ1) is 25.6. The van der Waals surface area contributed by atoms with E-state index in [1.807, 2.05) is 4.90 Å². The first-order valence-corrected chi connectivity index (χ1v) is 13.5. The van der Waals surface area contributed by atoms with Crippen molar-refractivity contribution in [3.8, 4) is 5.82 Å². The number of alkyl halides is 2. The van der Waals surface area contributed by atoms with Crippen molar-refractivity contribution in [2.75, 3.05) is 36.5 Å². The van der Waals surface area contributed by atoms with Gasteiger partial charge < -0.3 is 20.3 Å². The Hall–Kier alpha value is -3.67. The molecule has 3 fully saturated rings. The number of carbonyl (C=O) groups excluding carboxylic acids is 2. The van der Waals surface area contributed by atoms with Crippen LogP contribution in [-0.2, 0) is 14.3 Å². The zero-order valence-corrected chi connectivity index (χ0v) is 21.5. The Labute approximate surface area is 224 Å². The van der Waals surface area contributed by atoms with Gasteiger partial charge in [-0.1, -0.05) is 12.1 Å². The summed E-state index contributed by atoms with van der Waals surface area (Å²) in [5.41, 5.74) is 1.01. The van der Waals surface area contributed by atoms with E-state index >= 15 is 0 Å². The molecule has 2 aliphatic heterocycles. The number of morpholine rings is 1. The zero-order valence-electron chi connectivity index (χ0n) is 21.5. The fourth-order valence-electron chi connectivity index (χ4n) is 5.65. The van der Waals surface area contributed by atoms with Crippen LogP contribution in [0.4, 0.5) is 20.5 Å². The summed E-state index contributed by atoms with van der Waals surface area (Å²) in [6.45, 7) is 2.26. The number of hydrogen-bond donors (Lipinski definition) is 2. The van der Waals surface area contributed by atoms with Crippen LogP contribution in [0.5, 0.6) is 0 Å². The molecular weight excluding hydrogens is 508 g/mol. The first-order chi connectivity index (χ1) is 18.9. The van der Waals surface area contributed by atoms with E-state index in [1.54, 1.807) is 30.3 Å². The maximum absolute atomic E-state index is 14.1. The predicted molar refractivity (Wildman–Crippen MR) is 140 cm³/mol. The fourth-order valence-corrected chi connectivity index (χ4v) is 5.65. The normalized spacial score (nSPS) is 23.5. The Morgan fingerprint density at radius 2 is 1.95 bits per heavy atom. The lowest BCUT2D eigenvalue weighted by atomic mass is 9.76. The number of benzene rings is 1. The molecule has 4 heterocycles. The number of ether oxygens (including phenoxy) is 1. The average Bonchev–Trinajstić information content (AvgIpc) is 3.32. The third-order valence-electron chi connectivity index (χ3n) is 7.70. The number of amides is 1. The molecule has 1 saturated carbocycles. The number of nitrogens with one attached hydrogen (secondary N) is 2. The Bertz CT molecular complexity index is 1370. The second kappa shape index (κ2) is 10.8. The van der Waals surface area contributed by atoms with Crippen LogP contribution in [0.3, 0.4) is 0 Å². The van der Waals surface area contributed by atoms with Crippen LogP contribution in [0, 0.1) is 5.92 Å². The Morgan fingerprint density at radius 3 is 2.72 bits per heavy atom. The van der Waals surface area contributed by atoms with E-state index in [9.17, 15) is 18.4 Å². The van der Waals surface area contributed by atoms with Crippen molar-refractivity contribution in [3.63, 3.8) is 0 Å². The van der Waals surface area contributed by atoms with Gasteiger partial charge in [0.25, 0.3) is 6.43 Å². The molecule has 39 heavy (non-hydrogen) atoms. The largest absolute Gasteiger partial charge is 0.378 e. The lowest BCUT2D eigenvalue weighted by Crippen LogP contribution is -2.46. The highest BCUT2D eigenvalue weighted by atomic mass is 19.3. The van der Waals surface area contributed by atoms with E-state index in [4.69, 9.17) is 9.72 Å². The first-order valence-electron chi connectivity index (χ1n) is 13.5. The van der Waals surface area contributed by atoms with Gasteiger partial charge in [0, 0.05) is 38.0 Å². The van der Waals surface area contributed by atoms with Crippen molar-refractivity contribution in [3.05, 3.63) is 36.2 Å². The van der Waals surface area contributed by atoms with Gasteiger partial charge in [0.2, 0.25) is 11.9 Å². The molecule has 1 unspecified atom stereocenters. The van der Waals surface area contributed by atoms with Crippen LogP contribution in [0.25, 0.3) is 16.9 Å². The molecule has 206 valence electrons. The van der Waals surface area contributed by atoms with E-state index in [-0.39, 0.29) is 35.5 Å². The summed E-state index contributed by atoms with van der Waals surface area (Å²) >= 11 is 0. The van der Waals surface area contributed by atoms with Crippen LogP contribution >= 0.6 is 0 Å². The van der Waals surface area contributed by atoms with Gasteiger partial charge in [-0.3, -0.25) is 14.2 Å². The summed E-state index contributed by atoms with van der Waals surface area (Å²) in [4.78, 5) is 39.9. The molecule has 0 spiro atoms. The van der Waals surface area contributed by atoms with Crippen LogP contribution in [0.2, 0.25) is 0 Å². The molecule has 2 saturated heterocycles. The number of piperidine rings is 1. The molecule has 2 aromatic heterocycles. The van der Waals surface area contributed by atoms with E-state index in [0.29, 0.717) is 74.2 Å². The monoisotopic (exact) mass is 539 g/mol. The van der Waals surface area contributed by atoms with Crippen LogP contribution in [0.15, 0.2) is 30.3 Å². The van der Waals surface area contributed by atoms with E-state index in [0.717, 1.165) is 19.3 Å². The number of hydrogen-bond acceptors (Lipinski definition) is 8. The van der Waals surface area contributed by atoms with Gasteiger partial charge in [-0.05, 0) is 43.7 Å². The van der Waals surface area contributed by atoms with E-state index < -0.39 is 6.43 Å². The molecular formula is C27H31F2N7O3. The summed E-state index contributed by atoms with van der Waals surface area (Å²) < 4.78 is 35.0. The van der Waals surface area contributed by atoms with Gasteiger partial charge in [-0.15, -0.1) is 0 Å². The molecule has 12 heteroatoms. The number of anilines is 2. The summed E-state index contributed by atoms with van der Waals surface area (Å²) in [7, 11) is 0. The molecule has 3 aromatic rings. The van der Waals surface area contributed by atoms with Crippen molar-refractivity contribution in [2.45, 2.75) is 57.0 Å². The maximum Gasteiger partial charge on any atom is 0.296 e. The maximum atomic E-state index is 14.1. The van der Waals surface area contributed by atoms with Gasteiger partial charge in [0.05, 0.1) is 30.3 Å². The number of imidazole rings is 1. The lowest BCUT2D eigenvalue weighted by molar-refractivity contribution is -0.130. The molecule has 1 atom stereocenters. The van der Waals surface area contributed by atoms with Crippen molar-refractivity contribution in [2.24, 2.45) is 5.92 Å². The predicted octanol–water partition coefficient (Wildman–Crippen LogP) is 3.41. The summed E-state index contributed by atoms with van der Waals surface area (Å²) in [6.07, 6.45) is 1.17. The van der Waals surface area contributed by atoms with E-state index in [1.165, 1.54) is 4.57 Å². The summed E-state index contributed by atoms with van der Waals surface area (Å²) in [6, 6.07) is 8.41. The number of nitrogens with zero attached hydrogens (tertiary/aromatic N) is 5. The third-order valence-corrected chi connectivity index (χ3v) is 7.70. The Morgan fingerprint density at radius 1 is 1.15 bits per heavy atom. The van der Waals surface area contributed by atoms with Gasteiger partial charge in [0.15, 0.2) is 11.6 Å². The highest BCUT2D eigenvalue weighted by molar-refractivity contribution is 5.90. The lowest BCUT2D eigenvalue weighted by Gasteiger charge is -2.37. The molecule has 6 rings (SSSR count). The SMILES string of the molecule is O=C1CCCC(C(=O)CC2CC(Nc3cc(-n4c(C(F)F)nc5ccccc54)nc(N4CCOCC4)n3)C2)N1. The minimum Gasteiger partial charge on any atom is -0.378 e. The highest BCUT2D eigenvalue weighted by Crippen LogP contribution is 2.35. The molecule has 3 aliphatic rings. The molecule has 2 N–H and O–H groups in total. The van der Waals surface area contributed by atoms with Crippen molar-refractivity contribution in [1.29, 1.82) is 0 Å². The number of carbonyl (C=O) groups is 2. The van der Waals surface area contributed by atoms with Gasteiger partial charge >= 0.3 is 0 Å². The number of rotatable bonds is 8. The molecule has 10 nitrogen and oxygen atoms in total. The summed E-state index contributed by atoms with van der Waals surface area (Å²) in [5.74, 6) is 1.20. The zero-order chi connectivity index (χ0) is 26.9. The van der Waals surface area contributed by atoms with Crippen LogP contribution < -0.4 is 15.5 Å². The number of para-hydroxylation sites is 2. The van der Waals surface area contributed by atoms with Crippen molar-refractivity contribution < 1.29 is 23.1 Å².